The van der Waals surface area contributed by atoms with E-state index in [-0.39, 0.29) is 18.5 Å². The number of aliphatic hydroxyl groups is 2. The van der Waals surface area contributed by atoms with E-state index in [9.17, 15) is 19.8 Å². The zero-order valence-corrected chi connectivity index (χ0v) is 58.3. The summed E-state index contributed by atoms with van der Waals surface area (Å²) in [6.07, 6.45) is 98.1. The monoisotopic (exact) mass is 1210 g/mol. The second-order valence-electron chi connectivity index (χ2n) is 27.0. The highest BCUT2D eigenvalue weighted by molar-refractivity contribution is 5.76. The summed E-state index contributed by atoms with van der Waals surface area (Å²) < 4.78 is 5.49. The summed E-state index contributed by atoms with van der Waals surface area (Å²) in [7, 11) is 0. The highest BCUT2D eigenvalue weighted by atomic mass is 16.5. The number of amides is 1. The third-order valence-corrected chi connectivity index (χ3v) is 18.4. The molecule has 86 heavy (non-hydrogen) atoms. The van der Waals surface area contributed by atoms with Crippen LogP contribution in [0.4, 0.5) is 0 Å². The highest BCUT2D eigenvalue weighted by Crippen LogP contribution is 2.20. The lowest BCUT2D eigenvalue weighted by Gasteiger charge is -2.22. The average Bonchev–Trinajstić information content (AvgIpc) is 3.59. The summed E-state index contributed by atoms with van der Waals surface area (Å²) in [5, 5.41) is 23.4. The molecule has 2 unspecified atom stereocenters. The van der Waals surface area contributed by atoms with Gasteiger partial charge in [0.05, 0.1) is 25.4 Å². The molecule has 0 saturated heterocycles. The molecule has 0 aliphatic rings. The van der Waals surface area contributed by atoms with Gasteiger partial charge < -0.3 is 20.3 Å². The molecule has 0 aromatic carbocycles. The van der Waals surface area contributed by atoms with Gasteiger partial charge in [-0.25, -0.2) is 0 Å². The van der Waals surface area contributed by atoms with Crippen molar-refractivity contribution in [2.24, 2.45) is 0 Å². The molecular weight excluding hydrogens is 1050 g/mol. The quantitative estimate of drug-likeness (QED) is 0.0320. The van der Waals surface area contributed by atoms with E-state index in [0.29, 0.717) is 25.9 Å². The van der Waals surface area contributed by atoms with Crippen LogP contribution in [0.15, 0.2) is 36.5 Å². The number of ether oxygens (including phenoxy) is 1. The number of nitrogens with one attached hydrogen (secondary N) is 1. The first-order valence-corrected chi connectivity index (χ1v) is 39.2. The number of esters is 1. The molecule has 0 fully saturated rings. The first kappa shape index (κ1) is 84.1. The Balaban J connectivity index is 3.35. The largest absolute Gasteiger partial charge is 0.466 e. The summed E-state index contributed by atoms with van der Waals surface area (Å²) >= 11 is 0. The molecule has 0 radical (unpaired) electrons. The van der Waals surface area contributed by atoms with Crippen LogP contribution in [0.3, 0.4) is 0 Å². The zero-order chi connectivity index (χ0) is 62.0. The molecule has 6 heteroatoms. The fourth-order valence-electron chi connectivity index (χ4n) is 12.4. The number of allylic oxidation sites excluding steroid dienone is 6. The highest BCUT2D eigenvalue weighted by Gasteiger charge is 2.20. The molecule has 0 saturated carbocycles. The van der Waals surface area contributed by atoms with Crippen molar-refractivity contribution in [1.29, 1.82) is 0 Å². The molecule has 0 aliphatic carbocycles. The zero-order valence-electron chi connectivity index (χ0n) is 58.3. The molecular formula is C80H153NO5. The summed E-state index contributed by atoms with van der Waals surface area (Å²) in [4.78, 5) is 24.6. The number of carbonyl (C=O) groups is 2. The van der Waals surface area contributed by atoms with E-state index in [1.54, 1.807) is 0 Å². The van der Waals surface area contributed by atoms with Gasteiger partial charge in [-0.2, -0.15) is 0 Å². The Labute approximate surface area is 538 Å². The fourth-order valence-corrected chi connectivity index (χ4v) is 12.4. The maximum absolute atomic E-state index is 12.5. The first-order chi connectivity index (χ1) is 42.5. The topological polar surface area (TPSA) is 95.9 Å². The van der Waals surface area contributed by atoms with Gasteiger partial charge in [0.1, 0.15) is 0 Å². The van der Waals surface area contributed by atoms with E-state index < -0.39 is 12.1 Å². The Morgan fingerprint density at radius 3 is 0.907 bits per heavy atom. The van der Waals surface area contributed by atoms with E-state index in [4.69, 9.17) is 4.74 Å². The van der Waals surface area contributed by atoms with Crippen molar-refractivity contribution in [3.8, 4) is 0 Å². The molecule has 0 aromatic heterocycles. The van der Waals surface area contributed by atoms with Crippen LogP contribution in [0.1, 0.15) is 438 Å². The first-order valence-electron chi connectivity index (χ1n) is 39.2. The average molecular weight is 1210 g/mol. The van der Waals surface area contributed by atoms with Gasteiger partial charge in [-0.05, 0) is 83.5 Å². The van der Waals surface area contributed by atoms with Crippen LogP contribution in [0.25, 0.3) is 0 Å². The number of hydrogen-bond donors (Lipinski definition) is 3. The maximum atomic E-state index is 12.5. The second kappa shape index (κ2) is 75.5. The number of carbonyl (C=O) groups excluding carboxylic acids is 2. The van der Waals surface area contributed by atoms with Gasteiger partial charge in [0.15, 0.2) is 0 Å². The SMILES string of the molecule is CCCCCC/C=C\CCCCCCCC(=O)OCCCCCCCCCCCCCCCCC/C=C\C/C=C\CCCCCCCCCCCCCCCCCCCC(=O)NC(CO)C(O)CCCCCCCCCCCCCCCCCCC. The van der Waals surface area contributed by atoms with E-state index in [0.717, 1.165) is 51.4 Å². The number of hydrogen-bond acceptors (Lipinski definition) is 5. The van der Waals surface area contributed by atoms with Crippen LogP contribution >= 0.6 is 0 Å². The van der Waals surface area contributed by atoms with Gasteiger partial charge in [-0.3, -0.25) is 9.59 Å². The standard InChI is InChI=1S/C80H153NO5/c1-3-5-7-9-11-13-15-17-18-42-45-49-52-56-60-64-68-72-78(83)77(76-82)81-79(84)73-69-65-61-57-53-50-46-43-40-38-36-34-32-30-28-26-24-22-20-19-21-23-25-27-29-31-33-35-37-39-41-44-47-51-55-59-63-67-71-75-86-80(85)74-70-66-62-58-54-48-16-14-12-10-8-6-4-2/h14,16,19-20,23,25,77-78,82-83H,3-13,15,17-18,21-22,24,26-76H2,1-2H3,(H,81,84)/b16-14-,20-19-,25-23-. The Kier molecular flexibility index (Phi) is 73.9. The maximum Gasteiger partial charge on any atom is 0.305 e. The van der Waals surface area contributed by atoms with Crippen LogP contribution in [0, 0.1) is 0 Å². The van der Waals surface area contributed by atoms with Crippen molar-refractivity contribution in [3.63, 3.8) is 0 Å². The van der Waals surface area contributed by atoms with Crippen molar-refractivity contribution < 1.29 is 24.5 Å². The molecule has 6 nitrogen and oxygen atoms in total. The molecule has 0 bridgehead atoms. The number of rotatable bonds is 74. The lowest BCUT2D eigenvalue weighted by atomic mass is 10.0. The van der Waals surface area contributed by atoms with Crippen LogP contribution in [-0.4, -0.2) is 47.4 Å². The predicted octanol–water partition coefficient (Wildman–Crippen LogP) is 25.8. The summed E-state index contributed by atoms with van der Waals surface area (Å²) in [5.41, 5.74) is 0. The molecule has 0 aromatic rings. The minimum atomic E-state index is -0.662. The molecule has 508 valence electrons. The molecule has 2 atom stereocenters. The van der Waals surface area contributed by atoms with E-state index in [1.807, 2.05) is 0 Å². The van der Waals surface area contributed by atoms with Crippen LogP contribution < -0.4 is 5.32 Å². The third kappa shape index (κ3) is 71.2. The van der Waals surface area contributed by atoms with Crippen molar-refractivity contribution in [2.45, 2.75) is 450 Å². The van der Waals surface area contributed by atoms with Gasteiger partial charge in [-0.1, -0.05) is 378 Å². The van der Waals surface area contributed by atoms with Gasteiger partial charge in [0.25, 0.3) is 0 Å². The molecule has 0 spiro atoms. The Bertz CT molecular complexity index is 1390. The Morgan fingerprint density at radius 1 is 0.326 bits per heavy atom. The van der Waals surface area contributed by atoms with Crippen molar-refractivity contribution in [3.05, 3.63) is 36.5 Å². The number of unbranched alkanes of at least 4 members (excludes halogenated alkanes) is 57. The van der Waals surface area contributed by atoms with E-state index in [2.05, 4.69) is 55.6 Å². The van der Waals surface area contributed by atoms with Crippen molar-refractivity contribution in [1.82, 2.24) is 5.32 Å². The van der Waals surface area contributed by atoms with Crippen LogP contribution in [0.5, 0.6) is 0 Å². The molecule has 1 amide bonds. The van der Waals surface area contributed by atoms with Crippen molar-refractivity contribution >= 4 is 11.9 Å². The molecule has 3 N–H and O–H groups in total. The van der Waals surface area contributed by atoms with Gasteiger partial charge >= 0.3 is 5.97 Å². The number of aliphatic hydroxyl groups excluding tert-OH is 2. The normalized spacial score (nSPS) is 12.7. The lowest BCUT2D eigenvalue weighted by Crippen LogP contribution is -2.45. The Hall–Kier alpha value is -1.92. The smallest absolute Gasteiger partial charge is 0.305 e. The Morgan fingerprint density at radius 2 is 0.581 bits per heavy atom. The van der Waals surface area contributed by atoms with Gasteiger partial charge in [-0.15, -0.1) is 0 Å². The van der Waals surface area contributed by atoms with Crippen LogP contribution in [0.2, 0.25) is 0 Å². The lowest BCUT2D eigenvalue weighted by molar-refractivity contribution is -0.143. The summed E-state index contributed by atoms with van der Waals surface area (Å²) in [6.45, 7) is 4.98. The summed E-state index contributed by atoms with van der Waals surface area (Å²) in [5.74, 6) is -0.0165. The predicted molar refractivity (Wildman–Crippen MR) is 379 cm³/mol. The third-order valence-electron chi connectivity index (χ3n) is 18.4. The minimum Gasteiger partial charge on any atom is -0.466 e. The van der Waals surface area contributed by atoms with E-state index >= 15 is 0 Å². The summed E-state index contributed by atoms with van der Waals surface area (Å²) in [6, 6.07) is -0.539. The van der Waals surface area contributed by atoms with Crippen molar-refractivity contribution in [2.75, 3.05) is 13.2 Å². The molecule has 0 aliphatic heterocycles. The fraction of sp³-hybridized carbons (Fsp3) is 0.900. The molecule has 0 heterocycles. The van der Waals surface area contributed by atoms with Gasteiger partial charge in [0, 0.05) is 12.8 Å². The van der Waals surface area contributed by atoms with Gasteiger partial charge in [0.2, 0.25) is 5.91 Å². The minimum absolute atomic E-state index is 0.0115. The molecule has 0 rings (SSSR count). The van der Waals surface area contributed by atoms with Crippen LogP contribution in [-0.2, 0) is 14.3 Å². The van der Waals surface area contributed by atoms with E-state index in [1.165, 1.54) is 353 Å². The second-order valence-corrected chi connectivity index (χ2v) is 27.0.